The van der Waals surface area contributed by atoms with Crippen LogP contribution in [0, 0.1) is 5.92 Å². The molecule has 0 aliphatic heterocycles. The molecule has 56 valence electrons. The van der Waals surface area contributed by atoms with E-state index in [1.165, 1.54) is 11.8 Å². The van der Waals surface area contributed by atoms with Crippen molar-refractivity contribution in [2.24, 2.45) is 16.1 Å². The molecule has 0 unspecified atom stereocenters. The van der Waals surface area contributed by atoms with Crippen LogP contribution in [0.25, 0.3) is 0 Å². The Morgan fingerprint density at radius 3 is 2.40 bits per heavy atom. The van der Waals surface area contributed by atoms with Gasteiger partial charge >= 0.3 is 0 Å². The summed E-state index contributed by atoms with van der Waals surface area (Å²) in [5, 5.41) is 7.36. The summed E-state index contributed by atoms with van der Waals surface area (Å²) < 4.78 is 0. The van der Waals surface area contributed by atoms with E-state index < -0.39 is 0 Å². The van der Waals surface area contributed by atoms with Gasteiger partial charge < -0.3 is 0 Å². The second-order valence-corrected chi connectivity index (χ2v) is 2.44. The quantitative estimate of drug-likeness (QED) is 0.535. The van der Waals surface area contributed by atoms with Gasteiger partial charge in [0.1, 0.15) is 0 Å². The summed E-state index contributed by atoms with van der Waals surface area (Å²) in [6.45, 7) is 9.69. The molecule has 0 aliphatic carbocycles. The van der Waals surface area contributed by atoms with Crippen molar-refractivity contribution >= 4 is 0 Å². The predicted molar refractivity (Wildman–Crippen MR) is 43.6 cm³/mol. The minimum absolute atomic E-state index is 0.545. The largest absolute Gasteiger partial charge is 0.160 e. The fourth-order valence-electron chi connectivity index (χ4n) is 0.321. The Morgan fingerprint density at radius 1 is 1.40 bits per heavy atom. The number of allylic oxidation sites excluding steroid dienone is 1. The molecule has 0 aromatic carbocycles. The maximum atomic E-state index is 3.76. The topological polar surface area (TPSA) is 24.7 Å². The maximum Gasteiger partial charge on any atom is 0.0487 e. The fraction of sp³-hybridized carbons (Fsp3) is 0.500. The average Bonchev–Trinajstić information content (AvgIpc) is 1.88. The van der Waals surface area contributed by atoms with E-state index in [0.29, 0.717) is 5.92 Å². The molecule has 0 bridgehead atoms. The Morgan fingerprint density at radius 2 is 2.00 bits per heavy atom. The van der Waals surface area contributed by atoms with Crippen LogP contribution in [0.2, 0.25) is 0 Å². The molecule has 0 atom stereocenters. The lowest BCUT2D eigenvalue weighted by Gasteiger charge is -2.00. The van der Waals surface area contributed by atoms with E-state index in [0.717, 1.165) is 0 Å². The lowest BCUT2D eigenvalue weighted by atomic mass is 10.1. The fourth-order valence-corrected chi connectivity index (χ4v) is 0.321. The van der Waals surface area contributed by atoms with Gasteiger partial charge in [-0.05, 0) is 12.8 Å². The first-order chi connectivity index (χ1) is 4.68. The highest BCUT2D eigenvalue weighted by atomic mass is 15.1. The Hall–Kier alpha value is -0.920. The van der Waals surface area contributed by atoms with Crippen molar-refractivity contribution in [1.29, 1.82) is 0 Å². The predicted octanol–water partition coefficient (Wildman–Crippen LogP) is 3.14. The molecular weight excluding hydrogens is 124 g/mol. The summed E-state index contributed by atoms with van der Waals surface area (Å²) in [4.78, 5) is 0. The lowest BCUT2D eigenvalue weighted by Crippen LogP contribution is -1.86. The third kappa shape index (κ3) is 4.01. The summed E-state index contributed by atoms with van der Waals surface area (Å²) in [5.74, 6) is 0.545. The minimum atomic E-state index is 0.545. The molecular formula is C8H14N2. The molecule has 2 nitrogen and oxygen atoms in total. The molecule has 0 aromatic rings. The summed E-state index contributed by atoms with van der Waals surface area (Å²) in [5.41, 5.74) is 1.23. The van der Waals surface area contributed by atoms with Gasteiger partial charge in [0, 0.05) is 12.4 Å². The Kier molecular flexibility index (Phi) is 4.46. The van der Waals surface area contributed by atoms with Crippen LogP contribution in [0.3, 0.4) is 0 Å². The monoisotopic (exact) mass is 138 g/mol. The third-order valence-corrected chi connectivity index (χ3v) is 1.32. The zero-order chi connectivity index (χ0) is 7.98. The average molecular weight is 138 g/mol. The van der Waals surface area contributed by atoms with E-state index in [2.05, 4.69) is 30.7 Å². The number of rotatable bonds is 3. The van der Waals surface area contributed by atoms with Crippen LogP contribution in [0.5, 0.6) is 0 Å². The van der Waals surface area contributed by atoms with Crippen molar-refractivity contribution in [2.45, 2.75) is 20.8 Å². The lowest BCUT2D eigenvalue weighted by molar-refractivity contribution is 0.764. The molecule has 0 rings (SSSR count). The third-order valence-electron chi connectivity index (χ3n) is 1.32. The molecule has 0 saturated heterocycles. The van der Waals surface area contributed by atoms with Gasteiger partial charge in [0.25, 0.3) is 0 Å². The van der Waals surface area contributed by atoms with Crippen molar-refractivity contribution in [2.75, 3.05) is 0 Å². The van der Waals surface area contributed by atoms with Crippen LogP contribution in [-0.4, -0.2) is 0 Å². The van der Waals surface area contributed by atoms with E-state index >= 15 is 0 Å². The summed E-state index contributed by atoms with van der Waals surface area (Å²) in [7, 11) is 0. The summed E-state index contributed by atoms with van der Waals surface area (Å²) >= 11 is 0. The first-order valence-corrected chi connectivity index (χ1v) is 3.36. The Labute approximate surface area is 62.4 Å². The maximum absolute atomic E-state index is 3.76. The smallest absolute Gasteiger partial charge is 0.0487 e. The molecule has 0 saturated carbocycles. The SMILES string of the molecule is C=C/N=N\C=C(/C)C(C)C. The van der Waals surface area contributed by atoms with Crippen molar-refractivity contribution in [3.8, 4) is 0 Å². The van der Waals surface area contributed by atoms with Gasteiger partial charge in [-0.1, -0.05) is 26.0 Å². The summed E-state index contributed by atoms with van der Waals surface area (Å²) in [6, 6.07) is 0. The number of nitrogens with zero attached hydrogens (tertiary/aromatic N) is 2. The molecule has 0 aromatic heterocycles. The van der Waals surface area contributed by atoms with Gasteiger partial charge in [-0.15, -0.1) is 0 Å². The molecule has 0 fully saturated rings. The van der Waals surface area contributed by atoms with Gasteiger partial charge in [0.05, 0.1) is 0 Å². The molecule has 2 heteroatoms. The zero-order valence-electron chi connectivity index (χ0n) is 6.83. The first kappa shape index (κ1) is 9.08. The molecule has 0 radical (unpaired) electrons. The van der Waals surface area contributed by atoms with Crippen molar-refractivity contribution in [3.05, 3.63) is 24.6 Å². The number of hydrogen-bond donors (Lipinski definition) is 0. The van der Waals surface area contributed by atoms with Crippen molar-refractivity contribution in [1.82, 2.24) is 0 Å². The highest BCUT2D eigenvalue weighted by Gasteiger charge is 1.92. The molecule has 0 aliphatic rings. The number of azo groups is 1. The minimum Gasteiger partial charge on any atom is -0.160 e. The Bertz CT molecular complexity index is 155. The van der Waals surface area contributed by atoms with Crippen LogP contribution in [0.1, 0.15) is 20.8 Å². The van der Waals surface area contributed by atoms with Crippen LogP contribution in [-0.2, 0) is 0 Å². The number of hydrogen-bond acceptors (Lipinski definition) is 2. The molecule has 10 heavy (non-hydrogen) atoms. The van der Waals surface area contributed by atoms with Crippen LogP contribution in [0.15, 0.2) is 34.8 Å². The highest BCUT2D eigenvalue weighted by Crippen LogP contribution is 2.07. The molecule has 0 spiro atoms. The van der Waals surface area contributed by atoms with E-state index in [4.69, 9.17) is 0 Å². The second kappa shape index (κ2) is 4.91. The van der Waals surface area contributed by atoms with E-state index in [1.54, 1.807) is 6.20 Å². The van der Waals surface area contributed by atoms with Gasteiger partial charge in [-0.2, -0.15) is 10.2 Å². The molecule has 0 heterocycles. The highest BCUT2D eigenvalue weighted by molar-refractivity contribution is 4.98. The molecule has 0 N–H and O–H groups in total. The van der Waals surface area contributed by atoms with Crippen LogP contribution < -0.4 is 0 Å². The zero-order valence-corrected chi connectivity index (χ0v) is 6.83. The summed E-state index contributed by atoms with van der Waals surface area (Å²) in [6.07, 6.45) is 3.18. The molecule has 0 amide bonds. The normalized spacial score (nSPS) is 13.0. The van der Waals surface area contributed by atoms with E-state index in [9.17, 15) is 0 Å². The van der Waals surface area contributed by atoms with Gasteiger partial charge in [0.15, 0.2) is 0 Å². The van der Waals surface area contributed by atoms with Crippen LogP contribution >= 0.6 is 0 Å². The van der Waals surface area contributed by atoms with Gasteiger partial charge in [0.2, 0.25) is 0 Å². The Balaban J connectivity index is 3.91. The van der Waals surface area contributed by atoms with Gasteiger partial charge in [-0.25, -0.2) is 0 Å². The van der Waals surface area contributed by atoms with Crippen molar-refractivity contribution in [3.63, 3.8) is 0 Å². The van der Waals surface area contributed by atoms with E-state index in [1.807, 2.05) is 6.92 Å². The first-order valence-electron chi connectivity index (χ1n) is 3.36. The van der Waals surface area contributed by atoms with Crippen molar-refractivity contribution < 1.29 is 0 Å². The van der Waals surface area contributed by atoms with Gasteiger partial charge in [-0.3, -0.25) is 0 Å². The standard InChI is InChI=1S/C8H14N2/c1-5-9-10-6-8(4)7(2)3/h5-7H,1H2,2-4H3/b8-6+,10-9-. The van der Waals surface area contributed by atoms with Crippen LogP contribution in [0.4, 0.5) is 0 Å². The second-order valence-electron chi connectivity index (χ2n) is 2.44. The van der Waals surface area contributed by atoms with E-state index in [-0.39, 0.29) is 0 Å².